The van der Waals surface area contributed by atoms with Crippen LogP contribution in [0.25, 0.3) is 5.69 Å². The zero-order valence-corrected chi connectivity index (χ0v) is 12.3. The second-order valence-corrected chi connectivity index (χ2v) is 5.67. The molecule has 1 saturated heterocycles. The van der Waals surface area contributed by atoms with Gasteiger partial charge in [0.2, 0.25) is 0 Å². The van der Waals surface area contributed by atoms with Crippen molar-refractivity contribution in [2.75, 3.05) is 13.1 Å². The van der Waals surface area contributed by atoms with Crippen LogP contribution in [0.2, 0.25) is 0 Å². The number of hydrogen-bond acceptors (Lipinski definition) is 2. The summed E-state index contributed by atoms with van der Waals surface area (Å²) in [7, 11) is 0. The first-order valence-electron chi connectivity index (χ1n) is 7.39. The van der Waals surface area contributed by atoms with Crippen LogP contribution in [0.15, 0.2) is 30.5 Å². The van der Waals surface area contributed by atoms with E-state index >= 15 is 0 Å². The van der Waals surface area contributed by atoms with Gasteiger partial charge in [-0.15, -0.1) is 0 Å². The molecule has 2 aromatic rings. The molecule has 1 fully saturated rings. The number of rotatable bonds is 2. The topological polar surface area (TPSA) is 29.9 Å². The van der Waals surface area contributed by atoms with Crippen molar-refractivity contribution in [3.8, 4) is 5.69 Å². The molecule has 0 radical (unpaired) electrons. The Bertz CT molecular complexity index is 655. The first-order chi connectivity index (χ1) is 10.5. The Morgan fingerprint density at radius 2 is 1.95 bits per heavy atom. The molecule has 0 bridgehead atoms. The van der Waals surface area contributed by atoms with Crippen molar-refractivity contribution in [3.05, 3.63) is 47.3 Å². The summed E-state index contributed by atoms with van der Waals surface area (Å²) in [5.41, 5.74) is 1.86. The minimum atomic E-state index is -4.34. The average molecular weight is 309 g/mol. The zero-order valence-electron chi connectivity index (χ0n) is 12.3. The fraction of sp³-hybridized carbons (Fsp3) is 0.438. The highest BCUT2D eigenvalue weighted by atomic mass is 19.4. The summed E-state index contributed by atoms with van der Waals surface area (Å²) in [5.74, 6) is 0.431. The van der Waals surface area contributed by atoms with Crippen LogP contribution in [0, 0.1) is 6.92 Å². The molecule has 118 valence electrons. The molecule has 0 atom stereocenters. The minimum absolute atomic E-state index is 0.431. The molecule has 0 amide bonds. The van der Waals surface area contributed by atoms with E-state index in [2.05, 4.69) is 10.4 Å². The van der Waals surface area contributed by atoms with Gasteiger partial charge in [-0.3, -0.25) is 0 Å². The molecule has 0 unspecified atom stereocenters. The van der Waals surface area contributed by atoms with E-state index < -0.39 is 11.7 Å². The smallest absolute Gasteiger partial charge is 0.317 e. The maximum absolute atomic E-state index is 12.8. The predicted molar refractivity (Wildman–Crippen MR) is 78.1 cm³/mol. The molecule has 1 aliphatic heterocycles. The summed E-state index contributed by atoms with van der Waals surface area (Å²) < 4.78 is 40.1. The Kier molecular flexibility index (Phi) is 3.95. The number of piperidine rings is 1. The molecule has 2 heterocycles. The lowest BCUT2D eigenvalue weighted by Crippen LogP contribution is -2.26. The van der Waals surface area contributed by atoms with Crippen LogP contribution in [0.4, 0.5) is 13.2 Å². The Labute approximate surface area is 127 Å². The molecule has 0 spiro atoms. The second kappa shape index (κ2) is 5.76. The zero-order chi connectivity index (χ0) is 15.7. The number of aromatic nitrogens is 2. The predicted octanol–water partition coefficient (Wildman–Crippen LogP) is 3.67. The molecule has 1 aromatic carbocycles. The van der Waals surface area contributed by atoms with Crippen molar-refractivity contribution in [1.29, 1.82) is 0 Å². The van der Waals surface area contributed by atoms with Gasteiger partial charge in [-0.25, -0.2) is 4.68 Å². The van der Waals surface area contributed by atoms with Gasteiger partial charge in [0.05, 0.1) is 17.4 Å². The van der Waals surface area contributed by atoms with Gasteiger partial charge in [0.15, 0.2) is 0 Å². The van der Waals surface area contributed by atoms with Crippen LogP contribution in [-0.4, -0.2) is 22.9 Å². The molecule has 6 heteroatoms. The van der Waals surface area contributed by atoms with Crippen molar-refractivity contribution in [1.82, 2.24) is 15.1 Å². The van der Waals surface area contributed by atoms with Gasteiger partial charge in [0, 0.05) is 5.69 Å². The van der Waals surface area contributed by atoms with Crippen molar-refractivity contribution in [3.63, 3.8) is 0 Å². The van der Waals surface area contributed by atoms with Crippen molar-refractivity contribution in [2.45, 2.75) is 31.9 Å². The van der Waals surface area contributed by atoms with Crippen LogP contribution < -0.4 is 5.32 Å². The molecule has 3 nitrogen and oxygen atoms in total. The van der Waals surface area contributed by atoms with Crippen LogP contribution >= 0.6 is 0 Å². The molecular weight excluding hydrogens is 291 g/mol. The highest BCUT2D eigenvalue weighted by molar-refractivity contribution is 5.39. The van der Waals surface area contributed by atoms with Gasteiger partial charge in [-0.2, -0.15) is 18.3 Å². The number of benzene rings is 1. The highest BCUT2D eigenvalue weighted by Gasteiger charge is 2.30. The quantitative estimate of drug-likeness (QED) is 0.917. The molecule has 22 heavy (non-hydrogen) atoms. The molecule has 1 aliphatic rings. The fourth-order valence-electron chi connectivity index (χ4n) is 3.03. The van der Waals surface area contributed by atoms with E-state index in [-0.39, 0.29) is 0 Å². The number of hydrogen-bond donors (Lipinski definition) is 1. The summed E-state index contributed by atoms with van der Waals surface area (Å²) in [6.07, 6.45) is -0.467. The summed E-state index contributed by atoms with van der Waals surface area (Å²) in [6.45, 7) is 3.86. The molecular formula is C16H18F3N3. The maximum Gasteiger partial charge on any atom is 0.416 e. The number of halogens is 3. The Hall–Kier alpha value is -1.82. The van der Waals surface area contributed by atoms with E-state index in [1.165, 1.54) is 6.07 Å². The maximum atomic E-state index is 12.8. The van der Waals surface area contributed by atoms with E-state index in [0.29, 0.717) is 11.6 Å². The first kappa shape index (κ1) is 15.1. The standard InChI is InChI=1S/C16H18F3N3/c1-11-15(12-5-7-20-8-6-12)10-21-22(11)14-4-2-3-13(9-14)16(17,18)19/h2-4,9-10,12,20H,5-8H2,1H3. The monoisotopic (exact) mass is 309 g/mol. The summed E-state index contributed by atoms with van der Waals surface area (Å²) in [6, 6.07) is 5.30. The van der Waals surface area contributed by atoms with Crippen molar-refractivity contribution in [2.24, 2.45) is 0 Å². The Morgan fingerprint density at radius 3 is 2.64 bits per heavy atom. The van der Waals surface area contributed by atoms with Crippen molar-refractivity contribution < 1.29 is 13.2 Å². The Balaban J connectivity index is 1.94. The van der Waals surface area contributed by atoms with Crippen LogP contribution in [0.3, 0.4) is 0 Å². The second-order valence-electron chi connectivity index (χ2n) is 5.67. The summed E-state index contributed by atoms with van der Waals surface area (Å²) in [4.78, 5) is 0. The number of nitrogens with zero attached hydrogens (tertiary/aromatic N) is 2. The first-order valence-corrected chi connectivity index (χ1v) is 7.39. The lowest BCUT2D eigenvalue weighted by Gasteiger charge is -2.22. The lowest BCUT2D eigenvalue weighted by molar-refractivity contribution is -0.137. The highest BCUT2D eigenvalue weighted by Crippen LogP contribution is 2.32. The van der Waals surface area contributed by atoms with Crippen LogP contribution in [-0.2, 0) is 6.18 Å². The van der Waals surface area contributed by atoms with E-state index in [1.54, 1.807) is 16.9 Å². The van der Waals surface area contributed by atoms with Gasteiger partial charge in [0.25, 0.3) is 0 Å². The molecule has 0 aliphatic carbocycles. The third-order valence-corrected chi connectivity index (χ3v) is 4.24. The summed E-state index contributed by atoms with van der Waals surface area (Å²) >= 11 is 0. The lowest BCUT2D eigenvalue weighted by atomic mass is 9.91. The molecule has 0 saturated carbocycles. The third kappa shape index (κ3) is 2.88. The van der Waals surface area contributed by atoms with Crippen molar-refractivity contribution >= 4 is 0 Å². The van der Waals surface area contributed by atoms with Crippen LogP contribution in [0.1, 0.15) is 35.6 Å². The number of alkyl halides is 3. The third-order valence-electron chi connectivity index (χ3n) is 4.24. The molecule has 3 rings (SSSR count). The normalized spacial score (nSPS) is 16.9. The van der Waals surface area contributed by atoms with Gasteiger partial charge in [-0.05, 0) is 62.5 Å². The van der Waals surface area contributed by atoms with Gasteiger partial charge < -0.3 is 5.32 Å². The molecule has 1 N–H and O–H groups in total. The van der Waals surface area contributed by atoms with Crippen LogP contribution in [0.5, 0.6) is 0 Å². The average Bonchev–Trinajstić information content (AvgIpc) is 2.89. The van der Waals surface area contributed by atoms with Gasteiger partial charge >= 0.3 is 6.18 Å². The fourth-order valence-corrected chi connectivity index (χ4v) is 3.03. The van der Waals surface area contributed by atoms with E-state index in [0.717, 1.165) is 49.3 Å². The Morgan fingerprint density at radius 1 is 1.23 bits per heavy atom. The summed E-state index contributed by atoms with van der Waals surface area (Å²) in [5, 5.41) is 7.63. The van der Waals surface area contributed by atoms with E-state index in [9.17, 15) is 13.2 Å². The molecule has 1 aromatic heterocycles. The minimum Gasteiger partial charge on any atom is -0.317 e. The van der Waals surface area contributed by atoms with Gasteiger partial charge in [-0.1, -0.05) is 6.07 Å². The SMILES string of the molecule is Cc1c(C2CCNCC2)cnn1-c1cccc(C(F)(F)F)c1. The largest absolute Gasteiger partial charge is 0.416 e. The van der Waals surface area contributed by atoms with Gasteiger partial charge in [0.1, 0.15) is 0 Å². The van der Waals surface area contributed by atoms with E-state index in [1.807, 2.05) is 6.92 Å². The van der Waals surface area contributed by atoms with E-state index in [4.69, 9.17) is 0 Å². The number of nitrogens with one attached hydrogen (secondary N) is 1.